The van der Waals surface area contributed by atoms with Crippen molar-refractivity contribution in [3.63, 3.8) is 0 Å². The quantitative estimate of drug-likeness (QED) is 0.628. The van der Waals surface area contributed by atoms with Crippen molar-refractivity contribution in [2.24, 2.45) is 11.8 Å². The fourth-order valence-corrected chi connectivity index (χ4v) is 2.02. The summed E-state index contributed by atoms with van der Waals surface area (Å²) >= 11 is 0. The summed E-state index contributed by atoms with van der Waals surface area (Å²) in [7, 11) is 0. The number of halogens is 1. The van der Waals surface area contributed by atoms with Crippen molar-refractivity contribution in [2.75, 3.05) is 13.1 Å². The van der Waals surface area contributed by atoms with Crippen molar-refractivity contribution in [2.45, 2.75) is 25.9 Å². The fourth-order valence-electron chi connectivity index (χ4n) is 2.02. The normalized spacial score (nSPS) is 36.8. The summed E-state index contributed by atoms with van der Waals surface area (Å²) in [6, 6.07) is 0. The summed E-state index contributed by atoms with van der Waals surface area (Å²) in [5.74, 6) is 0.534. The summed E-state index contributed by atoms with van der Waals surface area (Å²) in [6.07, 6.45) is 2.38. The Morgan fingerprint density at radius 1 is 1.67 bits per heavy atom. The first-order valence-corrected chi connectivity index (χ1v) is 4.63. The summed E-state index contributed by atoms with van der Waals surface area (Å²) in [5.41, 5.74) is -1.19. The molecule has 0 aliphatic carbocycles. The molecule has 1 aliphatic heterocycles. The summed E-state index contributed by atoms with van der Waals surface area (Å²) in [5, 5.41) is 3.06. The smallest absolute Gasteiger partial charge is 0.144 e. The van der Waals surface area contributed by atoms with Crippen LogP contribution >= 0.6 is 0 Å². The molecule has 70 valence electrons. The second-order valence-electron chi connectivity index (χ2n) is 3.95. The summed E-state index contributed by atoms with van der Waals surface area (Å²) in [4.78, 5) is 0. The Kier molecular flexibility index (Phi) is 2.89. The molecular weight excluding hydrogens is 153 g/mol. The van der Waals surface area contributed by atoms with Crippen LogP contribution in [0.15, 0.2) is 12.7 Å². The third-order valence-electron chi connectivity index (χ3n) is 2.79. The standard InChI is InChI=1S/C10H18FN/c1-4-10(11)7-12-6-5-9(10)8(2)3/h4,8-9,12H,1,5-7H2,2-3H3. The number of alkyl halides is 1. The molecule has 0 amide bonds. The molecule has 2 heteroatoms. The Morgan fingerprint density at radius 2 is 2.33 bits per heavy atom. The van der Waals surface area contributed by atoms with Gasteiger partial charge in [0.1, 0.15) is 5.67 Å². The zero-order valence-electron chi connectivity index (χ0n) is 7.94. The topological polar surface area (TPSA) is 12.0 Å². The lowest BCUT2D eigenvalue weighted by molar-refractivity contribution is 0.0699. The largest absolute Gasteiger partial charge is 0.313 e. The molecule has 1 aliphatic rings. The Bertz CT molecular complexity index is 167. The molecule has 1 heterocycles. The highest BCUT2D eigenvalue weighted by atomic mass is 19.1. The van der Waals surface area contributed by atoms with Crippen LogP contribution in [0.5, 0.6) is 0 Å². The van der Waals surface area contributed by atoms with E-state index in [2.05, 4.69) is 25.7 Å². The minimum atomic E-state index is -1.19. The van der Waals surface area contributed by atoms with Gasteiger partial charge < -0.3 is 5.32 Å². The van der Waals surface area contributed by atoms with Crippen LogP contribution in [0.4, 0.5) is 4.39 Å². The summed E-state index contributed by atoms with van der Waals surface area (Å²) < 4.78 is 14.0. The molecule has 0 radical (unpaired) electrons. The van der Waals surface area contributed by atoms with E-state index in [-0.39, 0.29) is 5.92 Å². The van der Waals surface area contributed by atoms with Gasteiger partial charge in [-0.15, -0.1) is 0 Å². The number of hydrogen-bond acceptors (Lipinski definition) is 1. The third kappa shape index (κ3) is 1.69. The first kappa shape index (κ1) is 9.72. The second-order valence-corrected chi connectivity index (χ2v) is 3.95. The second kappa shape index (κ2) is 3.56. The highest BCUT2D eigenvalue weighted by molar-refractivity contribution is 5.05. The minimum Gasteiger partial charge on any atom is -0.313 e. The van der Waals surface area contributed by atoms with E-state index in [0.29, 0.717) is 12.5 Å². The lowest BCUT2D eigenvalue weighted by atomic mass is 9.76. The highest BCUT2D eigenvalue weighted by Crippen LogP contribution is 2.34. The van der Waals surface area contributed by atoms with E-state index in [0.717, 1.165) is 13.0 Å². The molecule has 1 rings (SSSR count). The summed E-state index contributed by atoms with van der Waals surface area (Å²) in [6.45, 7) is 9.09. The molecule has 12 heavy (non-hydrogen) atoms. The molecule has 1 nitrogen and oxygen atoms in total. The number of nitrogens with one attached hydrogen (secondary N) is 1. The van der Waals surface area contributed by atoms with Crippen molar-refractivity contribution in [1.82, 2.24) is 5.32 Å². The molecule has 0 bridgehead atoms. The Labute approximate surface area is 74.0 Å². The van der Waals surface area contributed by atoms with E-state index in [1.165, 1.54) is 6.08 Å². The number of piperidine rings is 1. The Hall–Kier alpha value is -0.370. The maximum absolute atomic E-state index is 14.0. The first-order chi connectivity index (χ1) is 5.60. The molecule has 1 fully saturated rings. The van der Waals surface area contributed by atoms with Crippen molar-refractivity contribution in [1.29, 1.82) is 0 Å². The van der Waals surface area contributed by atoms with Gasteiger partial charge in [0.25, 0.3) is 0 Å². The van der Waals surface area contributed by atoms with Gasteiger partial charge in [-0.25, -0.2) is 4.39 Å². The maximum Gasteiger partial charge on any atom is 0.144 e. The zero-order valence-corrected chi connectivity index (χ0v) is 7.94. The van der Waals surface area contributed by atoms with Crippen molar-refractivity contribution in [3.05, 3.63) is 12.7 Å². The van der Waals surface area contributed by atoms with Gasteiger partial charge in [-0.2, -0.15) is 0 Å². The molecule has 1 N–H and O–H groups in total. The molecule has 2 atom stereocenters. The maximum atomic E-state index is 14.0. The Morgan fingerprint density at radius 3 is 2.75 bits per heavy atom. The SMILES string of the molecule is C=CC1(F)CNCCC1C(C)C. The van der Waals surface area contributed by atoms with Crippen LogP contribution < -0.4 is 5.32 Å². The van der Waals surface area contributed by atoms with E-state index in [4.69, 9.17) is 0 Å². The van der Waals surface area contributed by atoms with E-state index in [1.54, 1.807) is 0 Å². The Balaban J connectivity index is 2.73. The van der Waals surface area contributed by atoms with E-state index < -0.39 is 5.67 Å². The van der Waals surface area contributed by atoms with Crippen molar-refractivity contribution >= 4 is 0 Å². The highest BCUT2D eigenvalue weighted by Gasteiger charge is 2.39. The van der Waals surface area contributed by atoms with E-state index in [9.17, 15) is 4.39 Å². The van der Waals surface area contributed by atoms with Crippen molar-refractivity contribution in [3.8, 4) is 0 Å². The fraction of sp³-hybridized carbons (Fsp3) is 0.800. The van der Waals surface area contributed by atoms with Crippen LogP contribution in [0.25, 0.3) is 0 Å². The van der Waals surface area contributed by atoms with E-state index >= 15 is 0 Å². The predicted molar refractivity (Wildman–Crippen MR) is 49.9 cm³/mol. The molecule has 2 unspecified atom stereocenters. The van der Waals surface area contributed by atoms with Crippen molar-refractivity contribution < 1.29 is 4.39 Å². The van der Waals surface area contributed by atoms with Gasteiger partial charge in [0.15, 0.2) is 0 Å². The van der Waals surface area contributed by atoms with Gasteiger partial charge in [0.05, 0.1) is 0 Å². The molecule has 0 spiro atoms. The van der Waals surface area contributed by atoms with Crippen LogP contribution in [0, 0.1) is 11.8 Å². The third-order valence-corrected chi connectivity index (χ3v) is 2.79. The molecular formula is C10H18FN. The number of hydrogen-bond donors (Lipinski definition) is 1. The molecule has 1 saturated heterocycles. The average Bonchev–Trinajstić information content (AvgIpc) is 2.05. The van der Waals surface area contributed by atoms with Gasteiger partial charge in [0, 0.05) is 12.5 Å². The first-order valence-electron chi connectivity index (χ1n) is 4.63. The van der Waals surface area contributed by atoms with Crippen LogP contribution in [-0.4, -0.2) is 18.8 Å². The van der Waals surface area contributed by atoms with Crippen LogP contribution in [0.2, 0.25) is 0 Å². The van der Waals surface area contributed by atoms with Gasteiger partial charge in [-0.3, -0.25) is 0 Å². The molecule has 0 aromatic heterocycles. The zero-order chi connectivity index (χ0) is 9.19. The van der Waals surface area contributed by atoms with Crippen LogP contribution in [-0.2, 0) is 0 Å². The predicted octanol–water partition coefficient (Wildman–Crippen LogP) is 2.15. The lowest BCUT2D eigenvalue weighted by Crippen LogP contribution is -2.49. The van der Waals surface area contributed by atoms with Gasteiger partial charge in [-0.1, -0.05) is 26.5 Å². The van der Waals surface area contributed by atoms with Gasteiger partial charge >= 0.3 is 0 Å². The van der Waals surface area contributed by atoms with Crippen LogP contribution in [0.3, 0.4) is 0 Å². The van der Waals surface area contributed by atoms with E-state index in [1.807, 2.05) is 0 Å². The average molecular weight is 171 g/mol. The number of rotatable bonds is 2. The monoisotopic (exact) mass is 171 g/mol. The van der Waals surface area contributed by atoms with Gasteiger partial charge in [-0.05, 0) is 18.9 Å². The minimum absolute atomic E-state index is 0.135. The molecule has 0 saturated carbocycles. The molecule has 0 aromatic carbocycles. The lowest BCUT2D eigenvalue weighted by Gasteiger charge is -2.38. The molecule has 0 aromatic rings. The van der Waals surface area contributed by atoms with Crippen LogP contribution in [0.1, 0.15) is 20.3 Å². The van der Waals surface area contributed by atoms with Gasteiger partial charge in [0.2, 0.25) is 0 Å².